The SMILES string of the molecule is CCCCC(CC)C[CH]c1ccccc1. The minimum atomic E-state index is 0.880. The van der Waals surface area contributed by atoms with Crippen LogP contribution in [0.2, 0.25) is 0 Å². The minimum absolute atomic E-state index is 0.880. The van der Waals surface area contributed by atoms with Gasteiger partial charge in [-0.2, -0.15) is 0 Å². The summed E-state index contributed by atoms with van der Waals surface area (Å²) in [6, 6.07) is 10.7. The van der Waals surface area contributed by atoms with E-state index in [1.165, 1.54) is 37.7 Å². The Balaban J connectivity index is 2.28. The Hall–Kier alpha value is -0.780. The maximum atomic E-state index is 2.38. The van der Waals surface area contributed by atoms with Crippen molar-refractivity contribution in [3.05, 3.63) is 42.3 Å². The molecule has 1 rings (SSSR count). The van der Waals surface area contributed by atoms with Crippen LogP contribution in [0.4, 0.5) is 0 Å². The summed E-state index contributed by atoms with van der Waals surface area (Å²) >= 11 is 0. The molecule has 1 atom stereocenters. The van der Waals surface area contributed by atoms with Crippen molar-refractivity contribution < 1.29 is 0 Å². The summed E-state index contributed by atoms with van der Waals surface area (Å²) in [5.41, 5.74) is 1.37. The average Bonchev–Trinajstić information content (AvgIpc) is 2.31. The molecule has 1 radical (unpaired) electrons. The average molecular weight is 203 g/mol. The molecule has 0 amide bonds. The van der Waals surface area contributed by atoms with Crippen LogP contribution in [0.5, 0.6) is 0 Å². The molecule has 0 nitrogen and oxygen atoms in total. The molecule has 0 N–H and O–H groups in total. The molecule has 1 aromatic rings. The van der Waals surface area contributed by atoms with E-state index in [9.17, 15) is 0 Å². The Morgan fingerprint density at radius 2 is 1.87 bits per heavy atom. The lowest BCUT2D eigenvalue weighted by molar-refractivity contribution is 0.448. The van der Waals surface area contributed by atoms with E-state index < -0.39 is 0 Å². The molecule has 1 aromatic carbocycles. The summed E-state index contributed by atoms with van der Waals surface area (Å²) in [5.74, 6) is 0.880. The third kappa shape index (κ3) is 5.01. The van der Waals surface area contributed by atoms with Crippen LogP contribution in [0.25, 0.3) is 0 Å². The van der Waals surface area contributed by atoms with Gasteiger partial charge in [0, 0.05) is 0 Å². The number of benzene rings is 1. The van der Waals surface area contributed by atoms with Crippen LogP contribution in [-0.4, -0.2) is 0 Å². The maximum Gasteiger partial charge on any atom is -0.00904 e. The van der Waals surface area contributed by atoms with Gasteiger partial charge in [0.15, 0.2) is 0 Å². The monoisotopic (exact) mass is 203 g/mol. The van der Waals surface area contributed by atoms with E-state index in [0.29, 0.717) is 0 Å². The standard InChI is InChI=1S/C15H23/c1-3-5-9-14(4-2)12-13-15-10-7-6-8-11-15/h6-8,10-11,13-14H,3-5,9,12H2,1-2H3. The van der Waals surface area contributed by atoms with Gasteiger partial charge in [-0.3, -0.25) is 0 Å². The van der Waals surface area contributed by atoms with Crippen molar-refractivity contribution in [2.75, 3.05) is 0 Å². The van der Waals surface area contributed by atoms with Gasteiger partial charge in [-0.05, 0) is 24.3 Å². The van der Waals surface area contributed by atoms with Crippen LogP contribution in [0.1, 0.15) is 51.5 Å². The molecule has 1 unspecified atom stereocenters. The molecule has 0 saturated heterocycles. The Kier molecular flexibility index (Phi) is 6.15. The molecule has 0 heteroatoms. The van der Waals surface area contributed by atoms with Crippen LogP contribution >= 0.6 is 0 Å². The highest BCUT2D eigenvalue weighted by atomic mass is 14.1. The molecule has 0 aliphatic carbocycles. The van der Waals surface area contributed by atoms with Gasteiger partial charge in [-0.25, -0.2) is 0 Å². The molecule has 0 aliphatic heterocycles. The van der Waals surface area contributed by atoms with E-state index in [1.54, 1.807) is 0 Å². The number of hydrogen-bond donors (Lipinski definition) is 0. The highest BCUT2D eigenvalue weighted by Gasteiger charge is 2.05. The Labute approximate surface area is 94.7 Å². The maximum absolute atomic E-state index is 2.38. The van der Waals surface area contributed by atoms with Crippen molar-refractivity contribution in [2.45, 2.75) is 46.0 Å². The lowest BCUT2D eigenvalue weighted by atomic mass is 9.92. The Bertz CT molecular complexity index is 237. The van der Waals surface area contributed by atoms with E-state index >= 15 is 0 Å². The molecular formula is C15H23. The first kappa shape index (κ1) is 12.3. The fraction of sp³-hybridized carbons (Fsp3) is 0.533. The third-order valence-electron chi connectivity index (χ3n) is 3.03. The lowest BCUT2D eigenvalue weighted by Gasteiger charge is -2.13. The van der Waals surface area contributed by atoms with Crippen molar-refractivity contribution >= 4 is 0 Å². The molecular weight excluding hydrogens is 180 g/mol. The van der Waals surface area contributed by atoms with Crippen molar-refractivity contribution in [2.24, 2.45) is 5.92 Å². The van der Waals surface area contributed by atoms with Gasteiger partial charge >= 0.3 is 0 Å². The normalized spacial score (nSPS) is 12.7. The van der Waals surface area contributed by atoms with Gasteiger partial charge in [0.05, 0.1) is 0 Å². The highest BCUT2D eigenvalue weighted by Crippen LogP contribution is 2.20. The van der Waals surface area contributed by atoms with Gasteiger partial charge < -0.3 is 0 Å². The molecule has 0 heterocycles. The topological polar surface area (TPSA) is 0 Å². The number of hydrogen-bond acceptors (Lipinski definition) is 0. The van der Waals surface area contributed by atoms with Gasteiger partial charge in [0.1, 0.15) is 0 Å². The van der Waals surface area contributed by atoms with Crippen LogP contribution in [0.15, 0.2) is 30.3 Å². The molecule has 15 heavy (non-hydrogen) atoms. The van der Waals surface area contributed by atoms with E-state index in [1.807, 2.05) is 0 Å². The van der Waals surface area contributed by atoms with E-state index in [-0.39, 0.29) is 0 Å². The van der Waals surface area contributed by atoms with Crippen molar-refractivity contribution in [3.63, 3.8) is 0 Å². The van der Waals surface area contributed by atoms with Crippen molar-refractivity contribution in [1.29, 1.82) is 0 Å². The highest BCUT2D eigenvalue weighted by molar-refractivity contribution is 5.22. The smallest absolute Gasteiger partial charge is 0.00904 e. The summed E-state index contributed by atoms with van der Waals surface area (Å²) in [7, 11) is 0. The second kappa shape index (κ2) is 7.50. The second-order valence-corrected chi connectivity index (χ2v) is 4.27. The zero-order valence-electron chi connectivity index (χ0n) is 10.1. The first-order valence-corrected chi connectivity index (χ1v) is 6.25. The van der Waals surface area contributed by atoms with Gasteiger partial charge in [-0.1, -0.05) is 69.9 Å². The van der Waals surface area contributed by atoms with Crippen LogP contribution in [-0.2, 0) is 0 Å². The summed E-state index contributed by atoms with van der Waals surface area (Å²) in [6.07, 6.45) is 9.01. The first-order chi connectivity index (χ1) is 7.36. The van der Waals surface area contributed by atoms with Crippen LogP contribution < -0.4 is 0 Å². The molecule has 0 spiro atoms. The molecule has 83 valence electrons. The predicted octanol–water partition coefficient (Wildman–Crippen LogP) is 4.85. The fourth-order valence-corrected chi connectivity index (χ4v) is 1.87. The van der Waals surface area contributed by atoms with Gasteiger partial charge in [0.25, 0.3) is 0 Å². The van der Waals surface area contributed by atoms with E-state index in [0.717, 1.165) is 5.92 Å². The summed E-state index contributed by atoms with van der Waals surface area (Å²) in [5, 5.41) is 0. The van der Waals surface area contributed by atoms with Crippen LogP contribution in [0.3, 0.4) is 0 Å². The number of rotatable bonds is 7. The molecule has 0 aromatic heterocycles. The Morgan fingerprint density at radius 1 is 1.13 bits per heavy atom. The Morgan fingerprint density at radius 3 is 2.47 bits per heavy atom. The number of unbranched alkanes of at least 4 members (excludes halogenated alkanes) is 1. The molecule has 0 aliphatic rings. The largest absolute Gasteiger partial charge is 0.0654 e. The van der Waals surface area contributed by atoms with Gasteiger partial charge in [0.2, 0.25) is 0 Å². The predicted molar refractivity (Wildman–Crippen MR) is 67.8 cm³/mol. The zero-order chi connectivity index (χ0) is 10.9. The van der Waals surface area contributed by atoms with E-state index in [4.69, 9.17) is 0 Å². The molecule has 0 saturated carbocycles. The second-order valence-electron chi connectivity index (χ2n) is 4.27. The fourth-order valence-electron chi connectivity index (χ4n) is 1.87. The summed E-state index contributed by atoms with van der Waals surface area (Å²) < 4.78 is 0. The lowest BCUT2D eigenvalue weighted by Crippen LogP contribution is -1.99. The van der Waals surface area contributed by atoms with Crippen molar-refractivity contribution in [1.82, 2.24) is 0 Å². The molecule has 0 fully saturated rings. The minimum Gasteiger partial charge on any atom is -0.0654 e. The van der Waals surface area contributed by atoms with Crippen molar-refractivity contribution in [3.8, 4) is 0 Å². The summed E-state index contributed by atoms with van der Waals surface area (Å²) in [4.78, 5) is 0. The van der Waals surface area contributed by atoms with Crippen LogP contribution in [0, 0.1) is 12.3 Å². The molecule has 0 bridgehead atoms. The summed E-state index contributed by atoms with van der Waals surface area (Å²) in [6.45, 7) is 4.58. The van der Waals surface area contributed by atoms with E-state index in [2.05, 4.69) is 50.6 Å². The zero-order valence-corrected chi connectivity index (χ0v) is 10.1. The van der Waals surface area contributed by atoms with Gasteiger partial charge in [-0.15, -0.1) is 0 Å². The third-order valence-corrected chi connectivity index (χ3v) is 3.03. The quantitative estimate of drug-likeness (QED) is 0.594. The first-order valence-electron chi connectivity index (χ1n) is 6.25.